The topological polar surface area (TPSA) is 24.6 Å². The first-order valence-corrected chi connectivity index (χ1v) is 10.1. The van der Waals surface area contributed by atoms with Gasteiger partial charge in [-0.2, -0.15) is 0 Å². The molecular formula is C26H25LiN2O. The van der Waals surface area contributed by atoms with Crippen LogP contribution in [-0.4, -0.2) is 29.0 Å². The van der Waals surface area contributed by atoms with E-state index < -0.39 is 5.54 Å². The van der Waals surface area contributed by atoms with Gasteiger partial charge in [-0.3, -0.25) is 0 Å². The molecular weight excluding hydrogens is 363 g/mol. The standard InChI is InChI=1S/C26H25N2O.Li/c1-25(2)19-29-24(27-25)23-18-28(23)26(20-12-6-3-7-13-20,21-14-8-4-9-15-21)22-16-10-5-11-17-22;/h3-18,23H,19H2,1-2H3;/q-1;+1/t23-,28?;/m0./s1. The van der Waals surface area contributed by atoms with Gasteiger partial charge in [-0.1, -0.05) is 97.0 Å². The normalized spacial score (nSPS) is 21.9. The molecule has 0 N–H and O–H groups in total. The average molecular weight is 388 g/mol. The Labute approximate surface area is 191 Å². The van der Waals surface area contributed by atoms with Crippen molar-refractivity contribution in [2.24, 2.45) is 4.99 Å². The molecule has 0 aliphatic carbocycles. The van der Waals surface area contributed by atoms with Crippen LogP contribution in [0.5, 0.6) is 0 Å². The predicted molar refractivity (Wildman–Crippen MR) is 117 cm³/mol. The van der Waals surface area contributed by atoms with Crippen molar-refractivity contribution in [3.63, 3.8) is 0 Å². The Morgan fingerprint density at radius 3 is 1.63 bits per heavy atom. The summed E-state index contributed by atoms with van der Waals surface area (Å²) in [7, 11) is 0. The minimum absolute atomic E-state index is 0. The molecule has 3 nitrogen and oxygen atoms in total. The van der Waals surface area contributed by atoms with E-state index in [-0.39, 0.29) is 30.4 Å². The minimum atomic E-state index is -0.437. The number of hydrogen-bond acceptors (Lipinski definition) is 3. The van der Waals surface area contributed by atoms with E-state index in [1.54, 1.807) is 0 Å². The molecule has 30 heavy (non-hydrogen) atoms. The molecule has 2 atom stereocenters. The van der Waals surface area contributed by atoms with E-state index in [0.717, 1.165) is 5.90 Å². The molecule has 2 aliphatic heterocycles. The minimum Gasteiger partial charge on any atom is -0.480 e. The quantitative estimate of drug-likeness (QED) is 0.289. The second-order valence-corrected chi connectivity index (χ2v) is 8.36. The molecule has 1 fully saturated rings. The second-order valence-electron chi connectivity index (χ2n) is 8.36. The smallest absolute Gasteiger partial charge is 0.480 e. The summed E-state index contributed by atoms with van der Waals surface area (Å²) in [6, 6.07) is 32.2. The van der Waals surface area contributed by atoms with Crippen molar-refractivity contribution in [3.8, 4) is 0 Å². The van der Waals surface area contributed by atoms with Crippen molar-refractivity contribution in [2.45, 2.75) is 31.0 Å². The maximum atomic E-state index is 6.00. The van der Waals surface area contributed by atoms with Gasteiger partial charge < -0.3 is 9.64 Å². The molecule has 146 valence electrons. The molecule has 0 radical (unpaired) electrons. The Morgan fingerprint density at radius 2 is 1.27 bits per heavy atom. The van der Waals surface area contributed by atoms with Gasteiger partial charge in [0.2, 0.25) is 0 Å². The van der Waals surface area contributed by atoms with Crippen LogP contribution in [0.25, 0.3) is 0 Å². The largest absolute Gasteiger partial charge is 1.00 e. The first-order chi connectivity index (χ1) is 14.1. The van der Waals surface area contributed by atoms with Gasteiger partial charge >= 0.3 is 18.9 Å². The maximum Gasteiger partial charge on any atom is 1.00 e. The molecule has 3 aromatic carbocycles. The third-order valence-electron chi connectivity index (χ3n) is 5.71. The molecule has 1 saturated heterocycles. The monoisotopic (exact) mass is 388 g/mol. The average Bonchev–Trinajstić information content (AvgIpc) is 3.47. The van der Waals surface area contributed by atoms with Crippen LogP contribution in [-0.2, 0) is 10.3 Å². The van der Waals surface area contributed by atoms with Crippen molar-refractivity contribution in [1.82, 2.24) is 4.90 Å². The molecule has 0 amide bonds. The van der Waals surface area contributed by atoms with E-state index in [1.165, 1.54) is 16.7 Å². The number of benzene rings is 3. The third kappa shape index (κ3) is 3.52. The molecule has 2 aliphatic rings. The van der Waals surface area contributed by atoms with E-state index >= 15 is 0 Å². The van der Waals surface area contributed by atoms with Gasteiger partial charge in [0.15, 0.2) is 5.90 Å². The third-order valence-corrected chi connectivity index (χ3v) is 5.71. The van der Waals surface area contributed by atoms with E-state index in [0.29, 0.717) is 6.61 Å². The summed E-state index contributed by atoms with van der Waals surface area (Å²) in [5.74, 6) is 0.821. The number of ether oxygens (including phenoxy) is 1. The number of hydrogen-bond donors (Lipinski definition) is 0. The van der Waals surface area contributed by atoms with Crippen molar-refractivity contribution in [2.75, 3.05) is 6.61 Å². The zero-order chi connectivity index (χ0) is 19.9. The van der Waals surface area contributed by atoms with Crippen LogP contribution in [0, 0.1) is 6.54 Å². The summed E-state index contributed by atoms with van der Waals surface area (Å²) in [5, 5.41) is 0. The SMILES string of the molecule is CC1(C)COC([C@@H]2[CH-]N2C(c2ccccc2)(c2ccccc2)c2ccccc2)=N1.[Li+]. The summed E-state index contributed by atoms with van der Waals surface area (Å²) < 4.78 is 6.00. The number of nitrogens with zero attached hydrogens (tertiary/aromatic N) is 2. The summed E-state index contributed by atoms with van der Waals surface area (Å²) in [5.41, 5.74) is 3.09. The fraction of sp³-hybridized carbons (Fsp3) is 0.231. The van der Waals surface area contributed by atoms with Crippen molar-refractivity contribution in [3.05, 3.63) is 114 Å². The van der Waals surface area contributed by atoms with Crippen LogP contribution in [0.15, 0.2) is 96.0 Å². The molecule has 1 unspecified atom stereocenters. The van der Waals surface area contributed by atoms with Crippen LogP contribution >= 0.6 is 0 Å². The van der Waals surface area contributed by atoms with Crippen molar-refractivity contribution < 1.29 is 23.6 Å². The fourth-order valence-corrected chi connectivity index (χ4v) is 4.37. The first-order valence-electron chi connectivity index (χ1n) is 10.1. The second kappa shape index (κ2) is 8.08. The van der Waals surface area contributed by atoms with Crippen LogP contribution in [0.3, 0.4) is 0 Å². The summed E-state index contributed by atoms with van der Waals surface area (Å²) in [6.45, 7) is 7.11. The van der Waals surface area contributed by atoms with E-state index in [9.17, 15) is 0 Å². The van der Waals surface area contributed by atoms with Gasteiger partial charge in [-0.25, -0.2) is 11.5 Å². The number of rotatable bonds is 5. The van der Waals surface area contributed by atoms with E-state index in [1.807, 2.05) is 0 Å². The van der Waals surface area contributed by atoms with Crippen LogP contribution < -0.4 is 18.9 Å². The van der Waals surface area contributed by atoms with Gasteiger partial charge in [-0.05, 0) is 30.5 Å². The van der Waals surface area contributed by atoms with Gasteiger partial charge in [0.05, 0.1) is 11.1 Å². The molecule has 2 heterocycles. The van der Waals surface area contributed by atoms with Crippen molar-refractivity contribution in [1.29, 1.82) is 0 Å². The Morgan fingerprint density at radius 1 is 0.833 bits per heavy atom. The molecule has 0 bridgehead atoms. The summed E-state index contributed by atoms with van der Waals surface area (Å²) in [4.78, 5) is 7.24. The van der Waals surface area contributed by atoms with Gasteiger partial charge in [0, 0.05) is 0 Å². The van der Waals surface area contributed by atoms with Gasteiger partial charge in [-0.15, -0.1) is 0 Å². The summed E-state index contributed by atoms with van der Waals surface area (Å²) in [6.07, 6.45) is 0. The Hall–Kier alpha value is -2.31. The van der Waals surface area contributed by atoms with E-state index in [4.69, 9.17) is 9.73 Å². The van der Waals surface area contributed by atoms with Crippen LogP contribution in [0.2, 0.25) is 0 Å². The summed E-state index contributed by atoms with van der Waals surface area (Å²) >= 11 is 0. The predicted octanol–water partition coefficient (Wildman–Crippen LogP) is 2.04. The fourth-order valence-electron chi connectivity index (χ4n) is 4.37. The molecule has 3 aromatic rings. The van der Waals surface area contributed by atoms with Gasteiger partial charge in [0.25, 0.3) is 0 Å². The Bertz CT molecular complexity index is 922. The van der Waals surface area contributed by atoms with Crippen molar-refractivity contribution >= 4 is 5.90 Å². The van der Waals surface area contributed by atoms with Crippen LogP contribution in [0.4, 0.5) is 0 Å². The molecule has 5 rings (SSSR count). The molecule has 0 aromatic heterocycles. The zero-order valence-electron chi connectivity index (χ0n) is 17.8. The molecule has 0 spiro atoms. The van der Waals surface area contributed by atoms with E-state index in [2.05, 4.69) is 116 Å². The zero-order valence-corrected chi connectivity index (χ0v) is 17.8. The Kier molecular flexibility index (Phi) is 5.64. The first kappa shape index (κ1) is 20.9. The maximum absolute atomic E-state index is 6.00. The molecule has 0 saturated carbocycles. The van der Waals surface area contributed by atoms with Gasteiger partial charge in [0.1, 0.15) is 6.61 Å². The number of aliphatic imine (C=N–C) groups is 1. The van der Waals surface area contributed by atoms with Crippen LogP contribution in [0.1, 0.15) is 30.5 Å². The Balaban J connectivity index is 0.00000218. The molecule has 4 heteroatoms.